The highest BCUT2D eigenvalue weighted by molar-refractivity contribution is 4.98. The molecule has 2 nitrogen and oxygen atoms in total. The Morgan fingerprint density at radius 1 is 1.42 bits per heavy atom. The summed E-state index contributed by atoms with van der Waals surface area (Å²) in [5.74, 6) is 0.805. The Kier molecular flexibility index (Phi) is 2.37. The van der Waals surface area contributed by atoms with Crippen LogP contribution in [0.5, 0.6) is 0 Å². The third-order valence-electron chi connectivity index (χ3n) is 3.20. The van der Waals surface area contributed by atoms with Gasteiger partial charge in [-0.1, -0.05) is 0 Å². The normalized spacial score (nSPS) is 33.2. The molecule has 2 rings (SSSR count). The molecule has 1 aliphatic carbocycles. The van der Waals surface area contributed by atoms with Crippen molar-refractivity contribution in [3.05, 3.63) is 0 Å². The van der Waals surface area contributed by atoms with E-state index in [-0.39, 0.29) is 5.54 Å². The summed E-state index contributed by atoms with van der Waals surface area (Å²) in [5.41, 5.74) is 6.27. The van der Waals surface area contributed by atoms with Gasteiger partial charge in [0.25, 0.3) is 0 Å². The Labute approximate surface area is 74.5 Å². The Morgan fingerprint density at radius 2 is 2.25 bits per heavy atom. The Balaban J connectivity index is 1.65. The lowest BCUT2D eigenvalue weighted by atomic mass is 9.94. The van der Waals surface area contributed by atoms with Crippen molar-refractivity contribution >= 4 is 0 Å². The lowest BCUT2D eigenvalue weighted by molar-refractivity contribution is 0.0500. The van der Waals surface area contributed by atoms with E-state index in [0.29, 0.717) is 0 Å². The van der Waals surface area contributed by atoms with Gasteiger partial charge in [-0.05, 0) is 44.4 Å². The second-order valence-electron chi connectivity index (χ2n) is 4.48. The fourth-order valence-corrected chi connectivity index (χ4v) is 1.94. The van der Waals surface area contributed by atoms with E-state index in [1.54, 1.807) is 0 Å². The monoisotopic (exact) mass is 169 g/mol. The van der Waals surface area contributed by atoms with E-state index in [4.69, 9.17) is 10.5 Å². The molecule has 1 unspecified atom stereocenters. The highest BCUT2D eigenvalue weighted by Gasteiger charge is 2.37. The van der Waals surface area contributed by atoms with Crippen LogP contribution in [-0.4, -0.2) is 18.8 Å². The molecule has 1 aliphatic heterocycles. The summed E-state index contributed by atoms with van der Waals surface area (Å²) >= 11 is 0. The van der Waals surface area contributed by atoms with Gasteiger partial charge in [-0.2, -0.15) is 0 Å². The molecule has 0 radical (unpaired) electrons. The van der Waals surface area contributed by atoms with Crippen molar-refractivity contribution in [2.45, 2.75) is 44.1 Å². The van der Waals surface area contributed by atoms with Crippen molar-refractivity contribution in [3.63, 3.8) is 0 Å². The standard InChI is InChI=1S/C10H19NO/c11-10(5-6-10)4-3-9-2-1-7-12-8-9/h9H,1-8,11H2. The van der Waals surface area contributed by atoms with Crippen LogP contribution in [0.4, 0.5) is 0 Å². The van der Waals surface area contributed by atoms with Crippen LogP contribution in [0.1, 0.15) is 38.5 Å². The van der Waals surface area contributed by atoms with Gasteiger partial charge >= 0.3 is 0 Å². The molecule has 0 aromatic carbocycles. The number of rotatable bonds is 3. The number of hydrogen-bond acceptors (Lipinski definition) is 2. The van der Waals surface area contributed by atoms with Crippen molar-refractivity contribution in [3.8, 4) is 0 Å². The molecule has 1 saturated heterocycles. The first-order valence-electron chi connectivity index (χ1n) is 5.15. The molecular weight excluding hydrogens is 150 g/mol. The maximum Gasteiger partial charge on any atom is 0.0494 e. The minimum absolute atomic E-state index is 0.247. The van der Waals surface area contributed by atoms with Crippen LogP contribution in [0, 0.1) is 5.92 Å². The van der Waals surface area contributed by atoms with E-state index in [9.17, 15) is 0 Å². The number of nitrogens with two attached hydrogens (primary N) is 1. The lowest BCUT2D eigenvalue weighted by Gasteiger charge is -2.23. The molecule has 0 aromatic rings. The van der Waals surface area contributed by atoms with Gasteiger partial charge in [-0.3, -0.25) is 0 Å². The molecule has 0 bridgehead atoms. The SMILES string of the molecule is NC1(CCC2CCCOC2)CC1. The maximum atomic E-state index is 6.02. The highest BCUT2D eigenvalue weighted by atomic mass is 16.5. The molecule has 0 aromatic heterocycles. The van der Waals surface area contributed by atoms with Crippen molar-refractivity contribution < 1.29 is 4.74 Å². The van der Waals surface area contributed by atoms with Crippen LogP contribution in [0.25, 0.3) is 0 Å². The fourth-order valence-electron chi connectivity index (χ4n) is 1.94. The van der Waals surface area contributed by atoms with Gasteiger partial charge in [0.2, 0.25) is 0 Å². The molecule has 1 atom stereocenters. The van der Waals surface area contributed by atoms with E-state index in [0.717, 1.165) is 19.1 Å². The second kappa shape index (κ2) is 3.35. The summed E-state index contributed by atoms with van der Waals surface area (Å²) in [5, 5.41) is 0. The zero-order valence-electron chi connectivity index (χ0n) is 7.72. The van der Waals surface area contributed by atoms with Crippen LogP contribution in [0.2, 0.25) is 0 Å². The first-order chi connectivity index (χ1) is 5.79. The molecule has 70 valence electrons. The van der Waals surface area contributed by atoms with Gasteiger partial charge < -0.3 is 10.5 Å². The molecule has 1 saturated carbocycles. The predicted octanol–water partition coefficient (Wildman–Crippen LogP) is 1.68. The fraction of sp³-hybridized carbons (Fsp3) is 1.00. The van der Waals surface area contributed by atoms with Crippen molar-refractivity contribution in [2.75, 3.05) is 13.2 Å². The first-order valence-corrected chi connectivity index (χ1v) is 5.15. The van der Waals surface area contributed by atoms with Gasteiger partial charge in [-0.15, -0.1) is 0 Å². The smallest absolute Gasteiger partial charge is 0.0494 e. The molecule has 12 heavy (non-hydrogen) atoms. The molecule has 2 aliphatic rings. The summed E-state index contributed by atoms with van der Waals surface area (Å²) < 4.78 is 5.43. The zero-order chi connectivity index (χ0) is 8.44. The third-order valence-corrected chi connectivity index (χ3v) is 3.20. The van der Waals surface area contributed by atoms with Gasteiger partial charge in [0.05, 0.1) is 0 Å². The Morgan fingerprint density at radius 3 is 2.83 bits per heavy atom. The summed E-state index contributed by atoms with van der Waals surface area (Å²) in [4.78, 5) is 0. The molecule has 2 fully saturated rings. The van der Waals surface area contributed by atoms with Crippen LogP contribution in [-0.2, 0) is 4.74 Å². The maximum absolute atomic E-state index is 6.02. The lowest BCUT2D eigenvalue weighted by Crippen LogP contribution is -2.25. The third kappa shape index (κ3) is 2.20. The van der Waals surface area contributed by atoms with Crippen LogP contribution >= 0.6 is 0 Å². The van der Waals surface area contributed by atoms with Gasteiger partial charge in [-0.25, -0.2) is 0 Å². The summed E-state index contributed by atoms with van der Waals surface area (Å²) in [6.07, 6.45) is 7.62. The average molecular weight is 169 g/mol. The summed E-state index contributed by atoms with van der Waals surface area (Å²) in [6.45, 7) is 1.96. The summed E-state index contributed by atoms with van der Waals surface area (Å²) in [7, 11) is 0. The molecule has 0 amide bonds. The van der Waals surface area contributed by atoms with Crippen LogP contribution < -0.4 is 5.73 Å². The quantitative estimate of drug-likeness (QED) is 0.697. The first kappa shape index (κ1) is 8.52. The molecule has 0 spiro atoms. The van der Waals surface area contributed by atoms with Gasteiger partial charge in [0, 0.05) is 18.8 Å². The van der Waals surface area contributed by atoms with E-state index in [1.165, 1.54) is 38.5 Å². The van der Waals surface area contributed by atoms with E-state index in [1.807, 2.05) is 0 Å². The molecule has 1 heterocycles. The van der Waals surface area contributed by atoms with Crippen molar-refractivity contribution in [1.29, 1.82) is 0 Å². The molecular formula is C10H19NO. The van der Waals surface area contributed by atoms with Gasteiger partial charge in [0.15, 0.2) is 0 Å². The van der Waals surface area contributed by atoms with E-state index in [2.05, 4.69) is 0 Å². The minimum Gasteiger partial charge on any atom is -0.381 e. The average Bonchev–Trinajstić information content (AvgIpc) is 2.84. The Hall–Kier alpha value is -0.0800. The highest BCUT2D eigenvalue weighted by Crippen LogP contribution is 2.38. The van der Waals surface area contributed by atoms with E-state index < -0.39 is 0 Å². The van der Waals surface area contributed by atoms with Crippen molar-refractivity contribution in [2.24, 2.45) is 11.7 Å². The van der Waals surface area contributed by atoms with Crippen molar-refractivity contribution in [1.82, 2.24) is 0 Å². The summed E-state index contributed by atoms with van der Waals surface area (Å²) in [6, 6.07) is 0. The van der Waals surface area contributed by atoms with Crippen LogP contribution in [0.3, 0.4) is 0 Å². The molecule has 2 heteroatoms. The molecule has 2 N–H and O–H groups in total. The largest absolute Gasteiger partial charge is 0.381 e. The second-order valence-corrected chi connectivity index (χ2v) is 4.48. The number of hydrogen-bond donors (Lipinski definition) is 1. The number of ether oxygens (including phenoxy) is 1. The van der Waals surface area contributed by atoms with Crippen LogP contribution in [0.15, 0.2) is 0 Å². The van der Waals surface area contributed by atoms with E-state index >= 15 is 0 Å². The topological polar surface area (TPSA) is 35.2 Å². The zero-order valence-corrected chi connectivity index (χ0v) is 7.72. The predicted molar refractivity (Wildman–Crippen MR) is 48.9 cm³/mol. The Bertz CT molecular complexity index is 148. The van der Waals surface area contributed by atoms with Gasteiger partial charge in [0.1, 0.15) is 0 Å². The minimum atomic E-state index is 0.247.